The van der Waals surface area contributed by atoms with Crippen molar-refractivity contribution < 1.29 is 0 Å². The third kappa shape index (κ3) is 2.66. The van der Waals surface area contributed by atoms with Crippen molar-refractivity contribution in [2.45, 2.75) is 56.8 Å². The van der Waals surface area contributed by atoms with Gasteiger partial charge in [0.25, 0.3) is 0 Å². The Labute approximate surface area is 129 Å². The van der Waals surface area contributed by atoms with Gasteiger partial charge in [-0.05, 0) is 32.7 Å². The molecule has 22 heavy (non-hydrogen) atoms. The average molecular weight is 301 g/mol. The summed E-state index contributed by atoms with van der Waals surface area (Å²) in [4.78, 5) is 9.64. The Morgan fingerprint density at radius 1 is 1.32 bits per heavy atom. The van der Waals surface area contributed by atoms with Gasteiger partial charge in [-0.2, -0.15) is 0 Å². The van der Waals surface area contributed by atoms with Crippen LogP contribution in [0.3, 0.4) is 0 Å². The van der Waals surface area contributed by atoms with Crippen molar-refractivity contribution in [3.63, 3.8) is 0 Å². The van der Waals surface area contributed by atoms with E-state index in [-0.39, 0.29) is 0 Å². The maximum Gasteiger partial charge on any atom is 0.147 e. The lowest BCUT2D eigenvalue weighted by molar-refractivity contribution is 0.293. The van der Waals surface area contributed by atoms with Crippen molar-refractivity contribution in [3.05, 3.63) is 29.9 Å². The minimum Gasteiger partial charge on any atom is -0.348 e. The first-order valence-electron chi connectivity index (χ1n) is 8.06. The average Bonchev–Trinajstić information content (AvgIpc) is 3.00. The van der Waals surface area contributed by atoms with Gasteiger partial charge >= 0.3 is 0 Å². The summed E-state index contributed by atoms with van der Waals surface area (Å²) < 4.78 is 2.38. The predicted octanol–water partition coefficient (Wildman–Crippen LogP) is 1.17. The van der Waals surface area contributed by atoms with E-state index in [9.17, 15) is 0 Å². The van der Waals surface area contributed by atoms with Gasteiger partial charge in [0.2, 0.25) is 0 Å². The first-order chi connectivity index (χ1) is 10.7. The van der Waals surface area contributed by atoms with Crippen LogP contribution in [0.25, 0.3) is 0 Å². The van der Waals surface area contributed by atoms with Crippen molar-refractivity contribution in [1.82, 2.24) is 29.6 Å². The number of hydrogen-bond acceptors (Lipinski definition) is 5. The molecule has 2 aromatic heterocycles. The lowest BCUT2D eigenvalue weighted by Gasteiger charge is -2.32. The summed E-state index contributed by atoms with van der Waals surface area (Å²) in [6.45, 7) is 1.58. The summed E-state index contributed by atoms with van der Waals surface area (Å²) >= 11 is 0. The Morgan fingerprint density at radius 2 is 2.14 bits per heavy atom. The minimum absolute atomic E-state index is 0.347. The van der Waals surface area contributed by atoms with E-state index >= 15 is 0 Å². The van der Waals surface area contributed by atoms with Crippen LogP contribution in [0, 0.1) is 0 Å². The van der Waals surface area contributed by atoms with E-state index < -0.39 is 0 Å². The predicted molar refractivity (Wildman–Crippen MR) is 82.0 cm³/mol. The Balaban J connectivity index is 1.49. The van der Waals surface area contributed by atoms with Crippen LogP contribution >= 0.6 is 0 Å². The quantitative estimate of drug-likeness (QED) is 0.836. The lowest BCUT2D eigenvalue weighted by atomic mass is 9.80. The molecule has 0 aliphatic heterocycles. The summed E-state index contributed by atoms with van der Waals surface area (Å²) in [5.74, 6) is 3.72. The molecular weight excluding hydrogens is 278 g/mol. The molecule has 2 saturated carbocycles. The van der Waals surface area contributed by atoms with Crippen LogP contribution in [0.2, 0.25) is 0 Å². The highest BCUT2D eigenvalue weighted by Crippen LogP contribution is 2.42. The van der Waals surface area contributed by atoms with Gasteiger partial charge in [-0.25, -0.2) is 4.98 Å². The van der Waals surface area contributed by atoms with Crippen LogP contribution in [0.4, 0.5) is 0 Å². The van der Waals surface area contributed by atoms with Crippen LogP contribution in [-0.4, -0.2) is 42.7 Å². The molecule has 0 saturated heterocycles. The van der Waals surface area contributed by atoms with Crippen molar-refractivity contribution in [1.29, 1.82) is 0 Å². The second-order valence-electron chi connectivity index (χ2n) is 6.71. The van der Waals surface area contributed by atoms with Crippen molar-refractivity contribution >= 4 is 0 Å². The highest BCUT2D eigenvalue weighted by atomic mass is 15.3. The molecule has 3 N–H and O–H groups in total. The van der Waals surface area contributed by atoms with Gasteiger partial charge in [0, 0.05) is 30.4 Å². The molecule has 0 atom stereocenters. The molecule has 4 rings (SSSR count). The smallest absolute Gasteiger partial charge is 0.147 e. The number of rotatable bonds is 6. The number of nitrogens with two attached hydrogens (primary N) is 1. The number of imidazole rings is 1. The monoisotopic (exact) mass is 301 g/mol. The Morgan fingerprint density at radius 3 is 2.77 bits per heavy atom. The van der Waals surface area contributed by atoms with Gasteiger partial charge < -0.3 is 15.3 Å². The standard InChI is InChI=1S/C15H23N7/c1-21(8-13-17-4-5-18-13)9-14-19-20-15(10-6-11(16)7-10)22(14)12-2-3-12/h4-5,10-12H,2-3,6-9,16H2,1H3,(H,17,18). The molecule has 0 unspecified atom stereocenters. The van der Waals surface area contributed by atoms with Gasteiger partial charge in [0.1, 0.15) is 17.5 Å². The van der Waals surface area contributed by atoms with E-state index in [1.165, 1.54) is 12.8 Å². The molecule has 118 valence electrons. The van der Waals surface area contributed by atoms with Gasteiger partial charge in [-0.15, -0.1) is 10.2 Å². The maximum atomic E-state index is 5.94. The molecule has 0 aromatic carbocycles. The fourth-order valence-corrected chi connectivity index (χ4v) is 3.26. The van der Waals surface area contributed by atoms with Crippen LogP contribution in [0.15, 0.2) is 12.4 Å². The third-order valence-electron chi connectivity index (χ3n) is 4.63. The fourth-order valence-electron chi connectivity index (χ4n) is 3.26. The minimum atomic E-state index is 0.347. The molecule has 7 nitrogen and oxygen atoms in total. The number of aromatic amines is 1. The van der Waals surface area contributed by atoms with Crippen molar-refractivity contribution in [3.8, 4) is 0 Å². The van der Waals surface area contributed by atoms with Crippen molar-refractivity contribution in [2.24, 2.45) is 5.73 Å². The zero-order valence-corrected chi connectivity index (χ0v) is 12.9. The molecule has 0 bridgehead atoms. The van der Waals surface area contributed by atoms with Gasteiger partial charge in [-0.3, -0.25) is 4.90 Å². The van der Waals surface area contributed by atoms with E-state index in [1.54, 1.807) is 6.20 Å². The molecule has 2 fully saturated rings. The highest BCUT2D eigenvalue weighted by Gasteiger charge is 2.36. The summed E-state index contributed by atoms with van der Waals surface area (Å²) in [7, 11) is 2.09. The molecule has 2 aromatic rings. The summed E-state index contributed by atoms with van der Waals surface area (Å²) in [5.41, 5.74) is 5.94. The molecule has 2 heterocycles. The first kappa shape index (κ1) is 13.9. The molecule has 0 amide bonds. The van der Waals surface area contributed by atoms with E-state index in [1.807, 2.05) is 6.20 Å². The SMILES string of the molecule is CN(Cc1ncc[nH]1)Cc1nnc(C2CC(N)C2)n1C1CC1. The molecular formula is C15H23N7. The molecule has 2 aliphatic carbocycles. The topological polar surface area (TPSA) is 88.7 Å². The van der Waals surface area contributed by atoms with Crippen LogP contribution in [0.5, 0.6) is 0 Å². The van der Waals surface area contributed by atoms with E-state index in [0.717, 1.165) is 43.4 Å². The van der Waals surface area contributed by atoms with E-state index in [2.05, 4.69) is 36.7 Å². The van der Waals surface area contributed by atoms with Gasteiger partial charge in [-0.1, -0.05) is 0 Å². The summed E-state index contributed by atoms with van der Waals surface area (Å²) in [5, 5.41) is 8.97. The van der Waals surface area contributed by atoms with E-state index in [0.29, 0.717) is 18.0 Å². The van der Waals surface area contributed by atoms with Gasteiger partial charge in [0.15, 0.2) is 0 Å². The van der Waals surface area contributed by atoms with Crippen molar-refractivity contribution in [2.75, 3.05) is 7.05 Å². The highest BCUT2D eigenvalue weighted by molar-refractivity contribution is 5.12. The normalized spacial score (nSPS) is 24.7. The summed E-state index contributed by atoms with van der Waals surface area (Å²) in [6.07, 6.45) is 8.24. The lowest BCUT2D eigenvalue weighted by Crippen LogP contribution is -2.36. The number of nitrogens with one attached hydrogen (secondary N) is 1. The number of aromatic nitrogens is 5. The molecule has 2 aliphatic rings. The third-order valence-corrected chi connectivity index (χ3v) is 4.63. The fraction of sp³-hybridized carbons (Fsp3) is 0.667. The Kier molecular flexibility index (Phi) is 3.46. The van der Waals surface area contributed by atoms with Crippen LogP contribution in [0.1, 0.15) is 55.1 Å². The molecule has 7 heteroatoms. The van der Waals surface area contributed by atoms with Crippen LogP contribution < -0.4 is 5.73 Å². The van der Waals surface area contributed by atoms with E-state index in [4.69, 9.17) is 5.73 Å². The maximum absolute atomic E-state index is 5.94. The zero-order chi connectivity index (χ0) is 15.1. The van der Waals surface area contributed by atoms with Gasteiger partial charge in [0.05, 0.1) is 13.1 Å². The molecule has 0 radical (unpaired) electrons. The Bertz CT molecular complexity index is 622. The van der Waals surface area contributed by atoms with Crippen LogP contribution in [-0.2, 0) is 13.1 Å². The second kappa shape index (κ2) is 5.48. The zero-order valence-electron chi connectivity index (χ0n) is 12.9. The first-order valence-corrected chi connectivity index (χ1v) is 8.06. The largest absolute Gasteiger partial charge is 0.348 e. The Hall–Kier alpha value is -1.73. The number of nitrogens with zero attached hydrogens (tertiary/aromatic N) is 5. The number of H-pyrrole nitrogens is 1. The second-order valence-corrected chi connectivity index (χ2v) is 6.71. The summed E-state index contributed by atoms with van der Waals surface area (Å²) in [6, 6.07) is 0.952. The number of hydrogen-bond donors (Lipinski definition) is 2. The molecule has 0 spiro atoms.